The highest BCUT2D eigenvalue weighted by atomic mass is 35.5. The molecule has 3 heterocycles. The predicted octanol–water partition coefficient (Wildman–Crippen LogP) is 5.06. The number of anilines is 2. The molecule has 2 unspecified atom stereocenters. The summed E-state index contributed by atoms with van der Waals surface area (Å²) in [4.78, 5) is 21.2. The van der Waals surface area contributed by atoms with Crippen LogP contribution in [-0.2, 0) is 4.79 Å². The average molecular weight is 460 g/mol. The van der Waals surface area contributed by atoms with E-state index in [0.717, 1.165) is 29.9 Å². The van der Waals surface area contributed by atoms with Crippen molar-refractivity contribution in [2.45, 2.75) is 31.2 Å². The van der Waals surface area contributed by atoms with Crippen LogP contribution >= 0.6 is 12.4 Å². The van der Waals surface area contributed by atoms with Crippen LogP contribution in [0.25, 0.3) is 0 Å². The molecule has 1 aromatic heterocycles. The number of Topliss-reactive ketones (excluding diaryl/α,β-unsaturated/α-hetero) is 1. The molecule has 8 heteroatoms. The minimum Gasteiger partial charge on any atom is -0.448 e. The molecule has 3 atom stereocenters. The fourth-order valence-electron chi connectivity index (χ4n) is 4.86. The van der Waals surface area contributed by atoms with Crippen molar-refractivity contribution in [3.05, 3.63) is 78.0 Å². The topological polar surface area (TPSA) is 49.6 Å². The second-order valence-corrected chi connectivity index (χ2v) is 8.31. The summed E-state index contributed by atoms with van der Waals surface area (Å²) in [7, 11) is 0. The summed E-state index contributed by atoms with van der Waals surface area (Å²) in [6.07, 6.45) is 3.83. The molecule has 1 saturated heterocycles. The van der Waals surface area contributed by atoms with Gasteiger partial charge < -0.3 is 9.32 Å². The Bertz CT molecular complexity index is 1090. The molecule has 2 aliphatic heterocycles. The summed E-state index contributed by atoms with van der Waals surface area (Å²) in [5.74, 6) is -0.424. The van der Waals surface area contributed by atoms with E-state index in [9.17, 15) is 13.6 Å². The Morgan fingerprint density at radius 1 is 1.19 bits per heavy atom. The number of rotatable bonds is 5. The zero-order valence-electron chi connectivity index (χ0n) is 17.6. The molecule has 5 nitrogen and oxygen atoms in total. The lowest BCUT2D eigenvalue weighted by atomic mass is 9.88. The van der Waals surface area contributed by atoms with Crippen LogP contribution in [0.4, 0.5) is 20.2 Å². The van der Waals surface area contributed by atoms with Gasteiger partial charge in [0.25, 0.3) is 0 Å². The summed E-state index contributed by atoms with van der Waals surface area (Å²) >= 11 is 0. The Morgan fingerprint density at radius 3 is 2.66 bits per heavy atom. The van der Waals surface area contributed by atoms with E-state index in [1.165, 1.54) is 24.5 Å². The average Bonchev–Trinajstić information content (AvgIpc) is 3.40. The lowest BCUT2D eigenvalue weighted by molar-refractivity contribution is -0.122. The van der Waals surface area contributed by atoms with Crippen LogP contribution in [0.5, 0.6) is 0 Å². The second-order valence-electron chi connectivity index (χ2n) is 8.31. The Labute approximate surface area is 191 Å². The van der Waals surface area contributed by atoms with Gasteiger partial charge in [0.15, 0.2) is 5.78 Å². The van der Waals surface area contributed by atoms with E-state index >= 15 is 0 Å². The maximum Gasteiger partial charge on any atom is 0.204 e. The SMILES string of the molecule is CC(C(=O)CN1CC[C@@H]2C(C1)c1cc(F)ccc1N2c1ccc(F)cc1)c1ncco1.Cl. The van der Waals surface area contributed by atoms with Gasteiger partial charge in [0.05, 0.1) is 18.7 Å². The number of carbonyl (C=O) groups excluding carboxylic acids is 1. The number of fused-ring (bicyclic) bond motifs is 3. The van der Waals surface area contributed by atoms with Gasteiger partial charge in [-0.15, -0.1) is 12.4 Å². The highest BCUT2D eigenvalue weighted by molar-refractivity contribution is 5.86. The first kappa shape index (κ1) is 22.4. The molecule has 1 fully saturated rings. The van der Waals surface area contributed by atoms with Crippen molar-refractivity contribution in [1.82, 2.24) is 9.88 Å². The van der Waals surface area contributed by atoms with Crippen molar-refractivity contribution >= 4 is 29.6 Å². The number of aromatic nitrogens is 1. The third kappa shape index (κ3) is 4.02. The van der Waals surface area contributed by atoms with Crippen LogP contribution in [0, 0.1) is 11.6 Å². The number of piperidine rings is 1. The van der Waals surface area contributed by atoms with Crippen molar-refractivity contribution in [3.63, 3.8) is 0 Å². The second kappa shape index (κ2) is 9.00. The van der Waals surface area contributed by atoms with Gasteiger partial charge in [-0.05, 0) is 61.4 Å². The maximum absolute atomic E-state index is 14.1. The van der Waals surface area contributed by atoms with Crippen molar-refractivity contribution in [1.29, 1.82) is 0 Å². The molecule has 2 aromatic carbocycles. The number of oxazole rings is 1. The molecule has 0 aliphatic carbocycles. The number of benzene rings is 2. The highest BCUT2D eigenvalue weighted by Gasteiger charge is 2.43. The molecule has 3 aromatic rings. The first-order valence-electron chi connectivity index (χ1n) is 10.5. The fourth-order valence-corrected chi connectivity index (χ4v) is 4.86. The summed E-state index contributed by atoms with van der Waals surface area (Å²) in [5, 5.41) is 0. The molecule has 5 rings (SSSR count). The third-order valence-corrected chi connectivity index (χ3v) is 6.43. The number of hydrogen-bond acceptors (Lipinski definition) is 5. The van der Waals surface area contributed by atoms with Gasteiger partial charge in [0.1, 0.15) is 17.9 Å². The van der Waals surface area contributed by atoms with Crippen LogP contribution in [0.3, 0.4) is 0 Å². The highest BCUT2D eigenvalue weighted by Crippen LogP contribution is 2.48. The minimum atomic E-state index is -0.406. The van der Waals surface area contributed by atoms with E-state index in [-0.39, 0.29) is 41.8 Å². The lowest BCUT2D eigenvalue weighted by Gasteiger charge is -2.39. The van der Waals surface area contributed by atoms with Crippen LogP contribution in [0.15, 0.2) is 59.3 Å². The number of halogens is 3. The largest absolute Gasteiger partial charge is 0.448 e. The van der Waals surface area contributed by atoms with E-state index in [0.29, 0.717) is 19.0 Å². The van der Waals surface area contributed by atoms with E-state index in [1.54, 1.807) is 37.4 Å². The molecular weight excluding hydrogens is 436 g/mol. The monoisotopic (exact) mass is 459 g/mol. The Kier molecular flexibility index (Phi) is 6.31. The van der Waals surface area contributed by atoms with Gasteiger partial charge in [-0.3, -0.25) is 9.69 Å². The molecule has 0 spiro atoms. The van der Waals surface area contributed by atoms with Crippen LogP contribution in [0.1, 0.15) is 36.6 Å². The molecular formula is C24H24ClF2N3O2. The quantitative estimate of drug-likeness (QED) is 0.534. The molecule has 32 heavy (non-hydrogen) atoms. The Balaban J connectivity index is 0.00000245. The van der Waals surface area contributed by atoms with Crippen LogP contribution in [0.2, 0.25) is 0 Å². The molecule has 0 saturated carbocycles. The first-order chi connectivity index (χ1) is 15.0. The smallest absolute Gasteiger partial charge is 0.204 e. The minimum absolute atomic E-state index is 0. The molecule has 0 N–H and O–H groups in total. The van der Waals surface area contributed by atoms with Gasteiger partial charge in [-0.1, -0.05) is 0 Å². The number of ketones is 1. The molecule has 0 radical (unpaired) electrons. The Morgan fingerprint density at radius 2 is 1.94 bits per heavy atom. The fraction of sp³-hybridized carbons (Fsp3) is 0.333. The number of nitrogens with zero attached hydrogens (tertiary/aromatic N) is 3. The number of carbonyl (C=O) groups is 1. The van der Waals surface area contributed by atoms with Crippen molar-refractivity contribution < 1.29 is 18.0 Å². The normalized spacial score (nSPS) is 20.9. The van der Waals surface area contributed by atoms with Crippen LogP contribution in [-0.4, -0.2) is 41.3 Å². The maximum atomic E-state index is 14.1. The van der Waals surface area contributed by atoms with E-state index in [4.69, 9.17) is 4.42 Å². The standard InChI is InChI=1S/C24H23F2N3O2.ClH/c1-15(24-27-9-11-31-24)23(30)14-28-10-8-22-20(13-28)19-12-17(26)4-7-21(19)29(22)18-5-2-16(25)3-6-18;/h2-7,9,11-12,15,20,22H,8,10,13-14H2,1H3;1H/t15?,20?,22-;/m1./s1. The summed E-state index contributed by atoms with van der Waals surface area (Å²) in [6.45, 7) is 3.51. The zero-order valence-corrected chi connectivity index (χ0v) is 18.4. The number of likely N-dealkylation sites (tertiary alicyclic amines) is 1. The lowest BCUT2D eigenvalue weighted by Crippen LogP contribution is -2.46. The van der Waals surface area contributed by atoms with Gasteiger partial charge in [-0.25, -0.2) is 13.8 Å². The zero-order chi connectivity index (χ0) is 21.5. The predicted molar refractivity (Wildman–Crippen MR) is 120 cm³/mol. The van der Waals surface area contributed by atoms with Crippen molar-refractivity contribution in [2.24, 2.45) is 0 Å². The molecule has 0 amide bonds. The van der Waals surface area contributed by atoms with Crippen molar-refractivity contribution in [3.8, 4) is 0 Å². The van der Waals surface area contributed by atoms with Crippen molar-refractivity contribution in [2.75, 3.05) is 24.5 Å². The molecule has 168 valence electrons. The molecule has 0 bridgehead atoms. The van der Waals surface area contributed by atoms with Gasteiger partial charge in [0, 0.05) is 36.4 Å². The summed E-state index contributed by atoms with van der Waals surface area (Å²) < 4.78 is 32.9. The van der Waals surface area contributed by atoms with Gasteiger partial charge >= 0.3 is 0 Å². The summed E-state index contributed by atoms with van der Waals surface area (Å²) in [6, 6.07) is 11.4. The van der Waals surface area contributed by atoms with Gasteiger partial charge in [-0.2, -0.15) is 0 Å². The van der Waals surface area contributed by atoms with E-state index < -0.39 is 5.92 Å². The Hall–Kier alpha value is -2.77. The number of hydrogen-bond donors (Lipinski definition) is 0. The van der Waals surface area contributed by atoms with Crippen LogP contribution < -0.4 is 4.90 Å². The van der Waals surface area contributed by atoms with Gasteiger partial charge in [0.2, 0.25) is 5.89 Å². The summed E-state index contributed by atoms with van der Waals surface area (Å²) in [5.41, 5.74) is 2.78. The van der Waals surface area contributed by atoms with E-state index in [1.807, 2.05) is 0 Å². The third-order valence-electron chi connectivity index (χ3n) is 6.43. The molecule has 2 aliphatic rings. The first-order valence-corrected chi connectivity index (χ1v) is 10.5. The van der Waals surface area contributed by atoms with E-state index in [2.05, 4.69) is 14.8 Å².